The lowest BCUT2D eigenvalue weighted by Crippen LogP contribution is -2.22. The molecule has 0 fully saturated rings. The molecule has 104 valence electrons. The van der Waals surface area contributed by atoms with Crippen LogP contribution in [0.15, 0.2) is 47.0 Å². The molecule has 0 aliphatic heterocycles. The molecule has 0 aromatic heterocycles. The second-order valence-corrected chi connectivity index (χ2v) is 4.48. The van der Waals surface area contributed by atoms with E-state index in [1.165, 1.54) is 12.1 Å². The second kappa shape index (κ2) is 5.89. The molecule has 0 spiro atoms. The molecule has 0 saturated heterocycles. The van der Waals surface area contributed by atoms with Crippen LogP contribution in [0, 0.1) is 0 Å². The summed E-state index contributed by atoms with van der Waals surface area (Å²) in [6.07, 6.45) is 0.916. The molecule has 5 nitrogen and oxygen atoms in total. The van der Waals surface area contributed by atoms with Crippen LogP contribution < -0.4 is 0 Å². The Morgan fingerprint density at radius 1 is 1.14 bits per heavy atom. The van der Waals surface area contributed by atoms with Crippen LogP contribution in [-0.2, 0) is 4.79 Å². The number of aliphatic hydroxyl groups is 1. The number of benzene rings is 1. The van der Waals surface area contributed by atoms with Crippen LogP contribution >= 0.6 is 0 Å². The van der Waals surface area contributed by atoms with E-state index in [0.717, 1.165) is 6.08 Å². The van der Waals surface area contributed by atoms with Crippen LogP contribution in [0.25, 0.3) is 0 Å². The Morgan fingerprint density at radius 3 is 2.24 bits per heavy atom. The third-order valence-electron chi connectivity index (χ3n) is 3.17. The van der Waals surface area contributed by atoms with Crippen molar-refractivity contribution in [2.24, 2.45) is 0 Å². The summed E-state index contributed by atoms with van der Waals surface area (Å²) < 4.78 is 0. The van der Waals surface area contributed by atoms with Gasteiger partial charge in [-0.05, 0) is 11.5 Å². The zero-order valence-electron chi connectivity index (χ0n) is 11.0. The van der Waals surface area contributed by atoms with Gasteiger partial charge in [-0.15, -0.1) is 0 Å². The van der Waals surface area contributed by atoms with Gasteiger partial charge < -0.3 is 10.2 Å². The van der Waals surface area contributed by atoms with Gasteiger partial charge in [-0.25, -0.2) is 4.79 Å². The quantitative estimate of drug-likeness (QED) is 0.632. The van der Waals surface area contributed by atoms with Gasteiger partial charge in [0.15, 0.2) is 11.6 Å². The molecule has 6 heteroatoms. The minimum absolute atomic E-state index is 0.144. The molecule has 1 aliphatic rings. The number of carbonyl (C=O) groups excluding carboxylic acids is 2. The zero-order chi connectivity index (χ0) is 15.6. The van der Waals surface area contributed by atoms with Gasteiger partial charge in [0.05, 0.1) is 0 Å². The molecule has 0 unspecified atom stereocenters. The van der Waals surface area contributed by atoms with E-state index in [4.69, 9.17) is 18.1 Å². The van der Waals surface area contributed by atoms with Gasteiger partial charge in [0.25, 0.3) is 0 Å². The standard InChI is InChI=1S/C15H11BO5/c16-12-11(7-8(5-6-17)15(20)21)13(18)9-3-1-2-4-10(9)14(12)19/h1-4,7,17H,5-6H2,(H,20,21)/b8-7+. The van der Waals surface area contributed by atoms with Crippen molar-refractivity contribution in [3.8, 4) is 0 Å². The molecule has 0 bridgehead atoms. The number of hydrogen-bond acceptors (Lipinski definition) is 4. The molecule has 2 N–H and O–H groups in total. The predicted molar refractivity (Wildman–Crippen MR) is 75.3 cm³/mol. The lowest BCUT2D eigenvalue weighted by molar-refractivity contribution is -0.132. The van der Waals surface area contributed by atoms with Crippen molar-refractivity contribution in [2.75, 3.05) is 6.61 Å². The van der Waals surface area contributed by atoms with E-state index in [1.54, 1.807) is 12.1 Å². The third-order valence-corrected chi connectivity index (χ3v) is 3.17. The van der Waals surface area contributed by atoms with Gasteiger partial charge in [0.2, 0.25) is 0 Å². The molecular weight excluding hydrogens is 271 g/mol. The fourth-order valence-corrected chi connectivity index (χ4v) is 2.09. The first-order chi connectivity index (χ1) is 9.97. The highest BCUT2D eigenvalue weighted by atomic mass is 16.4. The summed E-state index contributed by atoms with van der Waals surface area (Å²) in [7, 11) is 5.68. The molecule has 2 rings (SSSR count). The van der Waals surface area contributed by atoms with Crippen molar-refractivity contribution in [2.45, 2.75) is 6.42 Å². The van der Waals surface area contributed by atoms with Crippen LogP contribution in [-0.4, -0.2) is 42.2 Å². The molecular formula is C15H11BO5. The van der Waals surface area contributed by atoms with E-state index >= 15 is 0 Å². The number of fused-ring (bicyclic) bond motifs is 1. The number of Topliss-reactive ketones (excluding diaryl/α,β-unsaturated/α-hetero) is 2. The van der Waals surface area contributed by atoms with Gasteiger partial charge in [-0.1, -0.05) is 24.3 Å². The number of aliphatic carboxylic acids is 1. The maximum absolute atomic E-state index is 12.3. The Morgan fingerprint density at radius 2 is 1.71 bits per heavy atom. The number of carbonyl (C=O) groups is 3. The molecule has 1 aromatic rings. The smallest absolute Gasteiger partial charge is 0.331 e. The van der Waals surface area contributed by atoms with E-state index < -0.39 is 17.5 Å². The van der Waals surface area contributed by atoms with E-state index in [0.29, 0.717) is 0 Å². The molecule has 0 saturated carbocycles. The number of rotatable bonds is 4. The highest BCUT2D eigenvalue weighted by Crippen LogP contribution is 2.26. The maximum Gasteiger partial charge on any atom is 0.331 e. The number of carboxylic acids is 1. The number of carboxylic acid groups (broad SMARTS) is 1. The molecule has 0 heterocycles. The Labute approximate surface area is 122 Å². The molecule has 1 aliphatic carbocycles. The average molecular weight is 282 g/mol. The third kappa shape index (κ3) is 2.71. The van der Waals surface area contributed by atoms with Crippen molar-refractivity contribution >= 4 is 25.4 Å². The molecule has 1 aromatic carbocycles. The first-order valence-corrected chi connectivity index (χ1v) is 6.20. The Bertz CT molecular complexity index is 700. The first-order valence-electron chi connectivity index (χ1n) is 6.20. The topological polar surface area (TPSA) is 91.7 Å². The van der Waals surface area contributed by atoms with Crippen LogP contribution in [0.1, 0.15) is 27.1 Å². The van der Waals surface area contributed by atoms with E-state index in [1.807, 2.05) is 0 Å². The van der Waals surface area contributed by atoms with Crippen LogP contribution in [0.2, 0.25) is 0 Å². The normalized spacial score (nSPS) is 15.2. The molecule has 0 atom stereocenters. The van der Waals surface area contributed by atoms with Gasteiger partial charge in [0.1, 0.15) is 7.85 Å². The molecule has 0 amide bonds. The lowest BCUT2D eigenvalue weighted by atomic mass is 9.75. The van der Waals surface area contributed by atoms with Gasteiger partial charge in [0, 0.05) is 35.3 Å². The van der Waals surface area contributed by atoms with Crippen molar-refractivity contribution < 1.29 is 24.6 Å². The largest absolute Gasteiger partial charge is 0.478 e. The van der Waals surface area contributed by atoms with Crippen molar-refractivity contribution in [1.82, 2.24) is 0 Å². The number of hydrogen-bond donors (Lipinski definition) is 2. The van der Waals surface area contributed by atoms with Crippen LogP contribution in [0.5, 0.6) is 0 Å². The minimum atomic E-state index is -1.27. The molecule has 21 heavy (non-hydrogen) atoms. The zero-order valence-corrected chi connectivity index (χ0v) is 11.0. The summed E-state index contributed by atoms with van der Waals surface area (Å²) in [5.41, 5.74) is -0.219. The Kier molecular flexibility index (Phi) is 4.19. The monoisotopic (exact) mass is 282 g/mol. The predicted octanol–water partition coefficient (Wildman–Crippen LogP) is 0.882. The fourth-order valence-electron chi connectivity index (χ4n) is 2.09. The van der Waals surface area contributed by atoms with Crippen molar-refractivity contribution in [3.63, 3.8) is 0 Å². The van der Waals surface area contributed by atoms with Crippen LogP contribution in [0.3, 0.4) is 0 Å². The second-order valence-electron chi connectivity index (χ2n) is 4.48. The van der Waals surface area contributed by atoms with Gasteiger partial charge >= 0.3 is 5.97 Å². The van der Waals surface area contributed by atoms with E-state index in [9.17, 15) is 14.4 Å². The number of ketones is 2. The fraction of sp³-hybridized carbons (Fsp3) is 0.133. The average Bonchev–Trinajstić information content (AvgIpc) is 2.48. The SMILES string of the molecule is [B]C1=C(/C=C(\CCO)C(=O)O)C(=O)c2ccccc2C1=O. The minimum Gasteiger partial charge on any atom is -0.478 e. The van der Waals surface area contributed by atoms with Crippen molar-refractivity contribution in [1.29, 1.82) is 0 Å². The lowest BCUT2D eigenvalue weighted by Gasteiger charge is -2.17. The summed E-state index contributed by atoms with van der Waals surface area (Å²) in [6, 6.07) is 6.21. The summed E-state index contributed by atoms with van der Waals surface area (Å²) >= 11 is 0. The maximum atomic E-state index is 12.3. The summed E-state index contributed by atoms with van der Waals surface area (Å²) in [6.45, 7) is -0.385. The number of aliphatic hydroxyl groups excluding tert-OH is 1. The summed E-state index contributed by atoms with van der Waals surface area (Å²) in [4.78, 5) is 35.5. The summed E-state index contributed by atoms with van der Waals surface area (Å²) in [5, 5.41) is 17.9. The van der Waals surface area contributed by atoms with E-state index in [-0.39, 0.29) is 40.8 Å². The van der Waals surface area contributed by atoms with Crippen LogP contribution in [0.4, 0.5) is 0 Å². The highest BCUT2D eigenvalue weighted by molar-refractivity contribution is 6.46. The number of allylic oxidation sites excluding steroid dienone is 3. The first kappa shape index (κ1) is 14.9. The molecule has 2 radical (unpaired) electrons. The highest BCUT2D eigenvalue weighted by Gasteiger charge is 2.28. The van der Waals surface area contributed by atoms with Gasteiger partial charge in [-0.3, -0.25) is 9.59 Å². The summed E-state index contributed by atoms with van der Waals surface area (Å²) in [5.74, 6) is -2.28. The van der Waals surface area contributed by atoms with Crippen molar-refractivity contribution in [3.05, 3.63) is 58.1 Å². The van der Waals surface area contributed by atoms with Gasteiger partial charge in [-0.2, -0.15) is 0 Å². The Hall–Kier alpha value is -2.47. The van der Waals surface area contributed by atoms with E-state index in [2.05, 4.69) is 0 Å². The Balaban J connectivity index is 2.57.